The molecule has 110 valence electrons. The molecule has 5 nitrogen and oxygen atoms in total. The van der Waals surface area contributed by atoms with Crippen LogP contribution in [-0.2, 0) is 4.79 Å². The minimum atomic E-state index is -0.749. The maximum Gasteiger partial charge on any atom is 0.225 e. The second-order valence-corrected chi connectivity index (χ2v) is 6.64. The van der Waals surface area contributed by atoms with Crippen molar-refractivity contribution in [3.05, 3.63) is 0 Å². The van der Waals surface area contributed by atoms with Crippen LogP contribution in [0.15, 0.2) is 5.16 Å². The maximum absolute atomic E-state index is 12.5. The normalized spacial score (nSPS) is 22.1. The first-order chi connectivity index (χ1) is 8.60. The quantitative estimate of drug-likeness (QED) is 0.309. The number of nitrogens with two attached hydrogens (primary N) is 1. The van der Waals surface area contributed by atoms with Gasteiger partial charge >= 0.3 is 0 Å². The molecule has 0 aromatic heterocycles. The number of carbonyl (C=O) groups is 1. The predicted octanol–water partition coefficient (Wildman–Crippen LogP) is 2.09. The zero-order chi connectivity index (χ0) is 15.1. The first kappa shape index (κ1) is 15.8. The van der Waals surface area contributed by atoms with Crippen LogP contribution in [0, 0.1) is 16.7 Å². The lowest BCUT2D eigenvalue weighted by Gasteiger charge is -2.31. The second-order valence-electron chi connectivity index (χ2n) is 6.64. The van der Waals surface area contributed by atoms with Crippen LogP contribution < -0.4 is 11.1 Å². The summed E-state index contributed by atoms with van der Waals surface area (Å²) in [5.74, 6) is 0.0244. The van der Waals surface area contributed by atoms with Gasteiger partial charge < -0.3 is 16.3 Å². The summed E-state index contributed by atoms with van der Waals surface area (Å²) in [6.45, 7) is 12.2. The number of nitrogens with zero attached hydrogens (tertiary/aromatic N) is 1. The van der Waals surface area contributed by atoms with Crippen molar-refractivity contribution in [3.63, 3.8) is 0 Å². The lowest BCUT2D eigenvalue weighted by atomic mass is 9.90. The van der Waals surface area contributed by atoms with Crippen molar-refractivity contribution >= 4 is 11.7 Å². The molecule has 0 aromatic carbocycles. The van der Waals surface area contributed by atoms with E-state index in [1.54, 1.807) is 0 Å². The highest BCUT2D eigenvalue weighted by Crippen LogP contribution is 2.68. The van der Waals surface area contributed by atoms with Gasteiger partial charge in [0.25, 0.3) is 0 Å². The number of hydrogen-bond acceptors (Lipinski definition) is 3. The molecule has 5 heteroatoms. The van der Waals surface area contributed by atoms with Crippen molar-refractivity contribution in [2.75, 3.05) is 0 Å². The zero-order valence-corrected chi connectivity index (χ0v) is 12.9. The third kappa shape index (κ3) is 2.19. The first-order valence-electron chi connectivity index (χ1n) is 6.90. The molecule has 1 aliphatic carbocycles. The SMILES string of the molecule is CCC(CC)(NC(=O)C1C(C)(C)C1(C)C)C(N)=NO. The molecule has 1 saturated carbocycles. The van der Waals surface area contributed by atoms with Gasteiger partial charge in [-0.2, -0.15) is 0 Å². The standard InChI is InChI=1S/C14H27N3O2/c1-7-14(8-2,11(15)17-19)16-10(18)9-12(3,4)13(9,5)6/h9,19H,7-8H2,1-6H3,(H2,15,17)(H,16,18). The summed E-state index contributed by atoms with van der Waals surface area (Å²) in [6, 6.07) is 0. The summed E-state index contributed by atoms with van der Waals surface area (Å²) in [7, 11) is 0. The number of amidine groups is 1. The van der Waals surface area contributed by atoms with E-state index in [0.29, 0.717) is 12.8 Å². The van der Waals surface area contributed by atoms with E-state index in [1.165, 1.54) is 0 Å². The van der Waals surface area contributed by atoms with Gasteiger partial charge in [0, 0.05) is 5.92 Å². The minimum absolute atomic E-state index is 0.00898. The van der Waals surface area contributed by atoms with E-state index >= 15 is 0 Å². The monoisotopic (exact) mass is 269 g/mol. The molecule has 1 amide bonds. The first-order valence-corrected chi connectivity index (χ1v) is 6.90. The highest BCUT2D eigenvalue weighted by atomic mass is 16.4. The molecule has 0 heterocycles. The molecule has 0 atom stereocenters. The predicted molar refractivity (Wildman–Crippen MR) is 75.9 cm³/mol. The van der Waals surface area contributed by atoms with Crippen LogP contribution in [0.3, 0.4) is 0 Å². The van der Waals surface area contributed by atoms with Crippen LogP contribution in [0.1, 0.15) is 54.4 Å². The summed E-state index contributed by atoms with van der Waals surface area (Å²) >= 11 is 0. The molecule has 1 rings (SSSR count). The lowest BCUT2D eigenvalue weighted by molar-refractivity contribution is -0.124. The molecule has 0 unspecified atom stereocenters. The van der Waals surface area contributed by atoms with E-state index < -0.39 is 5.54 Å². The van der Waals surface area contributed by atoms with Crippen LogP contribution in [0.4, 0.5) is 0 Å². The smallest absolute Gasteiger partial charge is 0.225 e. The number of amides is 1. The Morgan fingerprint density at radius 1 is 1.26 bits per heavy atom. The third-order valence-electron chi connectivity index (χ3n) is 5.45. The lowest BCUT2D eigenvalue weighted by Crippen LogP contribution is -2.57. The van der Waals surface area contributed by atoms with E-state index in [2.05, 4.69) is 38.2 Å². The van der Waals surface area contributed by atoms with Gasteiger partial charge in [0.05, 0.1) is 0 Å². The van der Waals surface area contributed by atoms with Gasteiger partial charge in [0.2, 0.25) is 5.91 Å². The van der Waals surface area contributed by atoms with Crippen LogP contribution in [-0.4, -0.2) is 22.5 Å². The molecule has 0 radical (unpaired) electrons. The molecule has 1 aliphatic rings. The van der Waals surface area contributed by atoms with Gasteiger partial charge in [0.15, 0.2) is 5.84 Å². The molecule has 19 heavy (non-hydrogen) atoms. The molecule has 1 fully saturated rings. The molecular formula is C14H27N3O2. The van der Waals surface area contributed by atoms with Crippen LogP contribution >= 0.6 is 0 Å². The van der Waals surface area contributed by atoms with Crippen molar-refractivity contribution in [2.45, 2.75) is 59.9 Å². The Bertz CT molecular complexity index is 381. The van der Waals surface area contributed by atoms with Gasteiger partial charge in [-0.3, -0.25) is 4.79 Å². The molecular weight excluding hydrogens is 242 g/mol. The molecule has 0 spiro atoms. The van der Waals surface area contributed by atoms with Gasteiger partial charge in [-0.15, -0.1) is 0 Å². The Balaban J connectivity index is 2.92. The summed E-state index contributed by atoms with van der Waals surface area (Å²) < 4.78 is 0. The molecule has 0 aromatic rings. The fourth-order valence-electron chi connectivity index (χ4n) is 3.11. The van der Waals surface area contributed by atoms with Gasteiger partial charge in [-0.25, -0.2) is 0 Å². The fraction of sp³-hybridized carbons (Fsp3) is 0.857. The highest BCUT2D eigenvalue weighted by Gasteiger charge is 2.68. The zero-order valence-electron chi connectivity index (χ0n) is 12.9. The van der Waals surface area contributed by atoms with E-state index in [1.807, 2.05) is 13.8 Å². The molecule has 0 aliphatic heterocycles. The Kier molecular flexibility index (Phi) is 3.90. The van der Waals surface area contributed by atoms with Crippen LogP contribution in [0.2, 0.25) is 0 Å². The average molecular weight is 269 g/mol. The highest BCUT2D eigenvalue weighted by molar-refractivity contribution is 5.95. The van der Waals surface area contributed by atoms with Crippen molar-refractivity contribution in [2.24, 2.45) is 27.6 Å². The summed E-state index contributed by atoms with van der Waals surface area (Å²) in [4.78, 5) is 12.5. The van der Waals surface area contributed by atoms with Crippen molar-refractivity contribution in [3.8, 4) is 0 Å². The maximum atomic E-state index is 12.5. The largest absolute Gasteiger partial charge is 0.409 e. The Morgan fingerprint density at radius 3 is 1.95 bits per heavy atom. The summed E-state index contributed by atoms with van der Waals surface area (Å²) in [6.07, 6.45) is 1.19. The van der Waals surface area contributed by atoms with Gasteiger partial charge in [-0.1, -0.05) is 46.7 Å². The number of hydrogen-bond donors (Lipinski definition) is 3. The van der Waals surface area contributed by atoms with Gasteiger partial charge in [-0.05, 0) is 23.7 Å². The van der Waals surface area contributed by atoms with E-state index in [0.717, 1.165) is 0 Å². The van der Waals surface area contributed by atoms with Gasteiger partial charge in [0.1, 0.15) is 5.54 Å². The van der Waals surface area contributed by atoms with E-state index in [4.69, 9.17) is 10.9 Å². The van der Waals surface area contributed by atoms with E-state index in [9.17, 15) is 4.79 Å². The van der Waals surface area contributed by atoms with Crippen LogP contribution in [0.5, 0.6) is 0 Å². The second kappa shape index (κ2) is 4.69. The van der Waals surface area contributed by atoms with E-state index in [-0.39, 0.29) is 28.5 Å². The van der Waals surface area contributed by atoms with Crippen molar-refractivity contribution in [1.82, 2.24) is 5.32 Å². The number of nitrogens with one attached hydrogen (secondary N) is 1. The minimum Gasteiger partial charge on any atom is -0.409 e. The fourth-order valence-corrected chi connectivity index (χ4v) is 3.11. The molecule has 0 bridgehead atoms. The topological polar surface area (TPSA) is 87.7 Å². The molecule has 0 saturated heterocycles. The van der Waals surface area contributed by atoms with Crippen molar-refractivity contribution < 1.29 is 10.0 Å². The summed E-state index contributed by atoms with van der Waals surface area (Å²) in [5, 5.41) is 15.0. The Labute approximate surface area is 115 Å². The van der Waals surface area contributed by atoms with Crippen molar-refractivity contribution in [1.29, 1.82) is 0 Å². The number of oxime groups is 1. The third-order valence-corrected chi connectivity index (χ3v) is 5.45. The summed E-state index contributed by atoms with van der Waals surface area (Å²) in [5.41, 5.74) is 4.98. The van der Waals surface area contributed by atoms with Crippen LogP contribution in [0.25, 0.3) is 0 Å². The molecule has 4 N–H and O–H groups in total. The Morgan fingerprint density at radius 2 is 1.68 bits per heavy atom. The number of carbonyl (C=O) groups excluding carboxylic acids is 1. The number of rotatable bonds is 5. The Hall–Kier alpha value is -1.26. The average Bonchev–Trinajstić information content (AvgIpc) is 2.75.